The van der Waals surface area contributed by atoms with Crippen molar-refractivity contribution >= 4 is 29.3 Å². The number of amides is 1. The molecule has 2 heterocycles. The molecule has 0 unspecified atom stereocenters. The average molecular weight is 347 g/mol. The fourth-order valence-electron chi connectivity index (χ4n) is 2.26. The van der Waals surface area contributed by atoms with E-state index in [9.17, 15) is 4.79 Å². The smallest absolute Gasteiger partial charge is 0.410 e. The Hall–Kier alpha value is -1.20. The van der Waals surface area contributed by atoms with Crippen molar-refractivity contribution in [3.05, 3.63) is 22.4 Å². The van der Waals surface area contributed by atoms with Gasteiger partial charge in [0.2, 0.25) is 0 Å². The predicted octanol–water partition coefficient (Wildman–Crippen LogP) is 4.17. The Bertz CT molecular complexity index is 546. The Morgan fingerprint density at radius 3 is 2.77 bits per heavy atom. The first-order valence-electron chi connectivity index (χ1n) is 7.21. The molecule has 0 saturated carbocycles. The maximum atomic E-state index is 12.2. The van der Waals surface area contributed by atoms with Gasteiger partial charge in [-0.1, -0.05) is 23.2 Å². The molecule has 0 spiro atoms. The second-order valence-corrected chi connectivity index (χ2v) is 6.95. The van der Waals surface area contributed by atoms with E-state index >= 15 is 0 Å². The van der Waals surface area contributed by atoms with Gasteiger partial charge < -0.3 is 14.4 Å². The zero-order valence-corrected chi connectivity index (χ0v) is 14.4. The van der Waals surface area contributed by atoms with Gasteiger partial charge in [0.15, 0.2) is 10.9 Å². The minimum atomic E-state index is -0.505. The van der Waals surface area contributed by atoms with Crippen LogP contribution in [0.4, 0.5) is 4.79 Å². The average Bonchev–Trinajstić information content (AvgIpc) is 2.84. The fraction of sp³-hybridized carbons (Fsp3) is 0.600. The molecule has 0 aromatic carbocycles. The number of hydrogen-bond donors (Lipinski definition) is 0. The highest BCUT2D eigenvalue weighted by atomic mass is 35.5. The summed E-state index contributed by atoms with van der Waals surface area (Å²) >= 11 is 11.7. The summed E-state index contributed by atoms with van der Waals surface area (Å²) in [5.74, 6) is 0.460. The third-order valence-electron chi connectivity index (χ3n) is 3.22. The van der Waals surface area contributed by atoms with Crippen LogP contribution in [0.5, 0.6) is 5.75 Å². The highest BCUT2D eigenvalue weighted by molar-refractivity contribution is 6.33. The van der Waals surface area contributed by atoms with Gasteiger partial charge in [-0.25, -0.2) is 9.78 Å². The molecule has 2 rings (SSSR count). The third-order valence-corrected chi connectivity index (χ3v) is 3.70. The number of carbonyl (C=O) groups is 1. The first kappa shape index (κ1) is 17.2. The molecular formula is C15H20Cl2N2O3. The molecule has 1 amide bonds. The van der Waals surface area contributed by atoms with Crippen LogP contribution in [0.1, 0.15) is 33.6 Å². The van der Waals surface area contributed by atoms with E-state index in [1.165, 1.54) is 0 Å². The number of carbonyl (C=O) groups excluding carboxylic acids is 1. The van der Waals surface area contributed by atoms with E-state index in [-0.39, 0.29) is 17.3 Å². The summed E-state index contributed by atoms with van der Waals surface area (Å²) in [5, 5.41) is 0.530. The summed E-state index contributed by atoms with van der Waals surface area (Å²) in [5.41, 5.74) is -0.505. The largest absolute Gasteiger partial charge is 0.488 e. The van der Waals surface area contributed by atoms with E-state index in [1.54, 1.807) is 17.0 Å². The van der Waals surface area contributed by atoms with Gasteiger partial charge in [-0.05, 0) is 45.7 Å². The van der Waals surface area contributed by atoms with Crippen molar-refractivity contribution in [2.45, 2.75) is 45.3 Å². The highest BCUT2D eigenvalue weighted by Gasteiger charge is 2.32. The van der Waals surface area contributed by atoms with Crippen LogP contribution in [0.25, 0.3) is 0 Å². The van der Waals surface area contributed by atoms with Crippen LogP contribution in [-0.4, -0.2) is 40.8 Å². The number of ether oxygens (including phenoxy) is 2. The first-order valence-corrected chi connectivity index (χ1v) is 7.96. The van der Waals surface area contributed by atoms with E-state index in [4.69, 9.17) is 32.7 Å². The summed E-state index contributed by atoms with van der Waals surface area (Å²) in [4.78, 5) is 17.8. The van der Waals surface area contributed by atoms with E-state index in [1.807, 2.05) is 20.8 Å². The minimum absolute atomic E-state index is 0.0263. The van der Waals surface area contributed by atoms with Gasteiger partial charge in [0, 0.05) is 6.54 Å². The maximum absolute atomic E-state index is 12.2. The number of nitrogens with zero attached hydrogens (tertiary/aromatic N) is 2. The van der Waals surface area contributed by atoms with Crippen molar-refractivity contribution in [1.29, 1.82) is 0 Å². The summed E-state index contributed by atoms with van der Waals surface area (Å²) in [6.45, 7) is 6.58. The molecule has 22 heavy (non-hydrogen) atoms. The van der Waals surface area contributed by atoms with Gasteiger partial charge in [-0.2, -0.15) is 0 Å². The molecule has 1 fully saturated rings. The van der Waals surface area contributed by atoms with Crippen molar-refractivity contribution in [1.82, 2.24) is 9.88 Å². The lowest BCUT2D eigenvalue weighted by atomic mass is 10.2. The van der Waals surface area contributed by atoms with E-state index in [0.29, 0.717) is 24.1 Å². The number of pyridine rings is 1. The number of rotatable bonds is 3. The number of halogens is 2. The van der Waals surface area contributed by atoms with Crippen molar-refractivity contribution < 1.29 is 14.3 Å². The Kier molecular flexibility index (Phi) is 5.40. The summed E-state index contributed by atoms with van der Waals surface area (Å²) < 4.78 is 11.1. The standard InChI is InChI=1S/C15H20Cl2N2O3/c1-15(2,3)22-14(20)19-8-4-5-10(19)9-21-11-6-7-12(16)18-13(11)17/h6-7,10H,4-5,8-9H2,1-3H3/t10-/m0/s1. The molecule has 1 aromatic rings. The number of hydrogen-bond acceptors (Lipinski definition) is 4. The zero-order chi connectivity index (χ0) is 16.3. The van der Waals surface area contributed by atoms with Crippen molar-refractivity contribution in [3.63, 3.8) is 0 Å². The highest BCUT2D eigenvalue weighted by Crippen LogP contribution is 2.26. The maximum Gasteiger partial charge on any atom is 0.410 e. The summed E-state index contributed by atoms with van der Waals surface area (Å²) in [6, 6.07) is 3.26. The monoisotopic (exact) mass is 346 g/mol. The summed E-state index contributed by atoms with van der Waals surface area (Å²) in [6.07, 6.45) is 1.50. The lowest BCUT2D eigenvalue weighted by molar-refractivity contribution is 0.0187. The minimum Gasteiger partial charge on any atom is -0.488 e. The fourth-order valence-corrected chi connectivity index (χ4v) is 2.66. The van der Waals surface area contributed by atoms with E-state index in [2.05, 4.69) is 4.98 Å². The molecular weight excluding hydrogens is 327 g/mol. The van der Waals surface area contributed by atoms with Gasteiger partial charge >= 0.3 is 6.09 Å². The molecule has 122 valence electrons. The molecule has 1 aliphatic heterocycles. The van der Waals surface area contributed by atoms with Crippen molar-refractivity contribution in [3.8, 4) is 5.75 Å². The molecule has 1 saturated heterocycles. The van der Waals surface area contributed by atoms with Gasteiger partial charge in [0.25, 0.3) is 0 Å². The molecule has 0 radical (unpaired) electrons. The molecule has 1 aliphatic rings. The second kappa shape index (κ2) is 6.92. The Labute approximate surface area is 140 Å². The molecule has 0 aliphatic carbocycles. The molecule has 1 atom stereocenters. The number of likely N-dealkylation sites (tertiary alicyclic amines) is 1. The molecule has 5 nitrogen and oxygen atoms in total. The molecule has 0 N–H and O–H groups in total. The summed E-state index contributed by atoms with van der Waals surface area (Å²) in [7, 11) is 0. The van der Waals surface area contributed by atoms with Gasteiger partial charge in [-0.15, -0.1) is 0 Å². The quantitative estimate of drug-likeness (QED) is 0.770. The van der Waals surface area contributed by atoms with E-state index < -0.39 is 5.60 Å². The van der Waals surface area contributed by atoms with Crippen molar-refractivity contribution in [2.75, 3.05) is 13.2 Å². The Morgan fingerprint density at radius 2 is 2.14 bits per heavy atom. The van der Waals surface area contributed by atoms with Crippen LogP contribution in [0.2, 0.25) is 10.3 Å². The molecule has 7 heteroatoms. The van der Waals surface area contributed by atoms with Gasteiger partial charge in [0.1, 0.15) is 17.4 Å². The van der Waals surface area contributed by atoms with Crippen LogP contribution in [0.15, 0.2) is 12.1 Å². The van der Waals surface area contributed by atoms with Crippen LogP contribution >= 0.6 is 23.2 Å². The second-order valence-electron chi connectivity index (χ2n) is 6.20. The van der Waals surface area contributed by atoms with Gasteiger partial charge in [-0.3, -0.25) is 0 Å². The number of aromatic nitrogens is 1. The lowest BCUT2D eigenvalue weighted by Gasteiger charge is -2.28. The van der Waals surface area contributed by atoms with Crippen LogP contribution in [0, 0.1) is 0 Å². The topological polar surface area (TPSA) is 51.7 Å². The lowest BCUT2D eigenvalue weighted by Crippen LogP contribution is -2.42. The first-order chi connectivity index (χ1) is 10.3. The normalized spacial score (nSPS) is 18.4. The molecule has 1 aromatic heterocycles. The molecule has 0 bridgehead atoms. The van der Waals surface area contributed by atoms with Crippen LogP contribution < -0.4 is 4.74 Å². The SMILES string of the molecule is CC(C)(C)OC(=O)N1CCC[C@H]1COc1ccc(Cl)nc1Cl. The van der Waals surface area contributed by atoms with Crippen molar-refractivity contribution in [2.24, 2.45) is 0 Å². The van der Waals surface area contributed by atoms with Gasteiger partial charge in [0.05, 0.1) is 6.04 Å². The predicted molar refractivity (Wildman–Crippen MR) is 85.7 cm³/mol. The zero-order valence-electron chi connectivity index (χ0n) is 12.9. The Balaban J connectivity index is 1.95. The van der Waals surface area contributed by atoms with Crippen LogP contribution in [0.3, 0.4) is 0 Å². The Morgan fingerprint density at radius 1 is 1.41 bits per heavy atom. The van der Waals surface area contributed by atoms with E-state index in [0.717, 1.165) is 12.8 Å². The van der Waals surface area contributed by atoms with Crippen LogP contribution in [-0.2, 0) is 4.74 Å². The third kappa shape index (κ3) is 4.65.